The first kappa shape index (κ1) is 18.9. The molecule has 4 rings (SSSR count). The van der Waals surface area contributed by atoms with Crippen molar-refractivity contribution in [1.82, 2.24) is 0 Å². The summed E-state index contributed by atoms with van der Waals surface area (Å²) in [5, 5.41) is 0.464. The summed E-state index contributed by atoms with van der Waals surface area (Å²) in [6, 6.07) is 7.01. The number of benzene rings is 2. The SMILES string of the molecule is COc1ccc(-c2coc3c4c(ccc3c2=O)OC(C)(C)C=C4)c(OC)c1OC. The van der Waals surface area contributed by atoms with E-state index in [9.17, 15) is 4.79 Å². The molecule has 0 radical (unpaired) electrons. The molecule has 0 fully saturated rings. The van der Waals surface area contributed by atoms with Crippen LogP contribution >= 0.6 is 0 Å². The summed E-state index contributed by atoms with van der Waals surface area (Å²) in [5.74, 6) is 2.01. The first-order chi connectivity index (χ1) is 13.9. The average molecular weight is 394 g/mol. The lowest BCUT2D eigenvalue weighted by molar-refractivity contribution is 0.159. The molecular formula is C23H22O6. The Balaban J connectivity index is 1.94. The van der Waals surface area contributed by atoms with E-state index in [1.165, 1.54) is 20.5 Å². The van der Waals surface area contributed by atoms with Gasteiger partial charge in [-0.15, -0.1) is 0 Å². The minimum atomic E-state index is -0.409. The summed E-state index contributed by atoms with van der Waals surface area (Å²) in [5.41, 5.74) is 1.60. The Morgan fingerprint density at radius 1 is 0.897 bits per heavy atom. The minimum Gasteiger partial charge on any atom is -0.493 e. The molecule has 6 heteroatoms. The van der Waals surface area contributed by atoms with Crippen molar-refractivity contribution >= 4 is 17.0 Å². The van der Waals surface area contributed by atoms with Gasteiger partial charge in [0.05, 0.1) is 37.8 Å². The highest BCUT2D eigenvalue weighted by Gasteiger charge is 2.25. The maximum Gasteiger partial charge on any atom is 0.203 e. The number of ether oxygens (including phenoxy) is 4. The molecule has 150 valence electrons. The van der Waals surface area contributed by atoms with Crippen molar-refractivity contribution in [3.05, 3.63) is 52.4 Å². The van der Waals surface area contributed by atoms with E-state index in [1.807, 2.05) is 26.0 Å². The average Bonchev–Trinajstić information content (AvgIpc) is 2.71. The van der Waals surface area contributed by atoms with E-state index in [2.05, 4.69) is 0 Å². The number of fused-ring (bicyclic) bond motifs is 3. The van der Waals surface area contributed by atoms with Crippen LogP contribution in [0.4, 0.5) is 0 Å². The normalized spacial score (nSPS) is 14.2. The molecule has 6 nitrogen and oxygen atoms in total. The number of hydrogen-bond acceptors (Lipinski definition) is 6. The monoisotopic (exact) mass is 394 g/mol. The molecule has 0 unspecified atom stereocenters. The molecule has 0 saturated heterocycles. The zero-order valence-corrected chi connectivity index (χ0v) is 17.0. The smallest absolute Gasteiger partial charge is 0.203 e. The van der Waals surface area contributed by atoms with Crippen LogP contribution in [0.1, 0.15) is 19.4 Å². The number of methoxy groups -OCH3 is 3. The van der Waals surface area contributed by atoms with Crippen LogP contribution in [0, 0.1) is 0 Å². The molecule has 3 aromatic rings. The van der Waals surface area contributed by atoms with Crippen LogP contribution in [-0.4, -0.2) is 26.9 Å². The van der Waals surface area contributed by atoms with Gasteiger partial charge in [-0.25, -0.2) is 0 Å². The Bertz CT molecular complexity index is 1190. The molecule has 2 aromatic carbocycles. The topological polar surface area (TPSA) is 67.1 Å². The maximum atomic E-state index is 13.3. The van der Waals surface area contributed by atoms with Crippen LogP contribution in [0.2, 0.25) is 0 Å². The Labute approximate surface area is 168 Å². The van der Waals surface area contributed by atoms with Gasteiger partial charge in [0, 0.05) is 5.56 Å². The van der Waals surface area contributed by atoms with Crippen LogP contribution < -0.4 is 24.4 Å². The van der Waals surface area contributed by atoms with Gasteiger partial charge < -0.3 is 23.4 Å². The van der Waals surface area contributed by atoms with Crippen LogP contribution in [0.5, 0.6) is 23.0 Å². The maximum absolute atomic E-state index is 13.3. The molecule has 29 heavy (non-hydrogen) atoms. The van der Waals surface area contributed by atoms with Crippen molar-refractivity contribution in [3.63, 3.8) is 0 Å². The van der Waals surface area contributed by atoms with E-state index in [-0.39, 0.29) is 5.43 Å². The standard InChI is InChI=1S/C23H22O6/c1-23(2)11-10-14-17(29-23)8-7-15-19(24)16(12-28-20(14)15)13-6-9-18(25-3)22(27-5)21(13)26-4/h6-12H,1-5H3. The van der Waals surface area contributed by atoms with Crippen molar-refractivity contribution in [2.45, 2.75) is 19.4 Å². The fourth-order valence-electron chi connectivity index (χ4n) is 3.55. The minimum absolute atomic E-state index is 0.169. The fourth-order valence-corrected chi connectivity index (χ4v) is 3.55. The molecule has 1 aromatic heterocycles. The molecule has 0 spiro atoms. The van der Waals surface area contributed by atoms with Crippen LogP contribution in [0.25, 0.3) is 28.2 Å². The van der Waals surface area contributed by atoms with Crippen LogP contribution in [-0.2, 0) is 0 Å². The van der Waals surface area contributed by atoms with E-state index in [4.69, 9.17) is 23.4 Å². The summed E-state index contributed by atoms with van der Waals surface area (Å²) >= 11 is 0. The van der Waals surface area contributed by atoms with E-state index >= 15 is 0 Å². The van der Waals surface area contributed by atoms with Crippen LogP contribution in [0.3, 0.4) is 0 Å². The van der Waals surface area contributed by atoms with Crippen molar-refractivity contribution in [1.29, 1.82) is 0 Å². The molecular weight excluding hydrogens is 372 g/mol. The van der Waals surface area contributed by atoms with Crippen molar-refractivity contribution in [2.75, 3.05) is 21.3 Å². The van der Waals surface area contributed by atoms with E-state index in [0.717, 1.165) is 5.56 Å². The highest BCUT2D eigenvalue weighted by atomic mass is 16.5. The molecule has 0 atom stereocenters. The van der Waals surface area contributed by atoms with Gasteiger partial charge in [-0.1, -0.05) is 0 Å². The number of hydrogen-bond donors (Lipinski definition) is 0. The van der Waals surface area contributed by atoms with Gasteiger partial charge in [-0.2, -0.15) is 0 Å². The fraction of sp³-hybridized carbons (Fsp3) is 0.261. The quantitative estimate of drug-likeness (QED) is 0.641. The van der Waals surface area contributed by atoms with Gasteiger partial charge >= 0.3 is 0 Å². The highest BCUT2D eigenvalue weighted by Crippen LogP contribution is 2.44. The van der Waals surface area contributed by atoms with Gasteiger partial charge in [0.25, 0.3) is 0 Å². The third-order valence-corrected chi connectivity index (χ3v) is 4.96. The second kappa shape index (κ2) is 6.88. The first-order valence-corrected chi connectivity index (χ1v) is 9.16. The zero-order valence-electron chi connectivity index (χ0n) is 17.0. The van der Waals surface area contributed by atoms with Gasteiger partial charge in [0.2, 0.25) is 11.2 Å². The third-order valence-electron chi connectivity index (χ3n) is 4.96. The van der Waals surface area contributed by atoms with E-state index in [0.29, 0.717) is 45.1 Å². The second-order valence-corrected chi connectivity index (χ2v) is 7.25. The van der Waals surface area contributed by atoms with Gasteiger partial charge in [-0.3, -0.25) is 4.79 Å². The summed E-state index contributed by atoms with van der Waals surface area (Å²) in [6.45, 7) is 3.94. The zero-order chi connectivity index (χ0) is 20.8. The molecule has 1 aliphatic rings. The van der Waals surface area contributed by atoms with Crippen molar-refractivity contribution in [2.24, 2.45) is 0 Å². The summed E-state index contributed by atoms with van der Waals surface area (Å²) < 4.78 is 28.2. The highest BCUT2D eigenvalue weighted by molar-refractivity contribution is 5.92. The van der Waals surface area contributed by atoms with Gasteiger partial charge in [0.1, 0.15) is 23.2 Å². The molecule has 0 aliphatic carbocycles. The Hall–Kier alpha value is -3.41. The summed E-state index contributed by atoms with van der Waals surface area (Å²) in [6.07, 6.45) is 5.32. The molecule has 0 N–H and O–H groups in total. The molecule has 0 bridgehead atoms. The van der Waals surface area contributed by atoms with Crippen molar-refractivity contribution < 1.29 is 23.4 Å². The predicted molar refractivity (Wildman–Crippen MR) is 111 cm³/mol. The van der Waals surface area contributed by atoms with Gasteiger partial charge in [0.15, 0.2) is 11.5 Å². The summed E-state index contributed by atoms with van der Waals surface area (Å²) in [7, 11) is 4.58. The second-order valence-electron chi connectivity index (χ2n) is 7.25. The molecule has 0 amide bonds. The Morgan fingerprint density at radius 3 is 2.34 bits per heavy atom. The largest absolute Gasteiger partial charge is 0.493 e. The Kier molecular flexibility index (Phi) is 4.49. The lowest BCUT2D eigenvalue weighted by Crippen LogP contribution is -2.27. The summed E-state index contributed by atoms with van der Waals surface area (Å²) in [4.78, 5) is 13.3. The van der Waals surface area contributed by atoms with Gasteiger partial charge in [-0.05, 0) is 50.3 Å². The number of rotatable bonds is 4. The molecule has 0 saturated carbocycles. The lowest BCUT2D eigenvalue weighted by atomic mass is 9.98. The molecule has 1 aliphatic heterocycles. The Morgan fingerprint density at radius 2 is 1.66 bits per heavy atom. The van der Waals surface area contributed by atoms with E-state index in [1.54, 1.807) is 31.4 Å². The molecule has 2 heterocycles. The van der Waals surface area contributed by atoms with Crippen molar-refractivity contribution in [3.8, 4) is 34.1 Å². The van der Waals surface area contributed by atoms with E-state index < -0.39 is 5.60 Å². The van der Waals surface area contributed by atoms with Crippen LogP contribution in [0.15, 0.2) is 45.8 Å². The third kappa shape index (κ3) is 3.01. The first-order valence-electron chi connectivity index (χ1n) is 9.16. The lowest BCUT2D eigenvalue weighted by Gasteiger charge is -2.27. The predicted octanol–water partition coefficient (Wildman–Crippen LogP) is 4.67.